The van der Waals surface area contributed by atoms with Crippen LogP contribution in [-0.4, -0.2) is 47.4 Å². The number of fused-ring (bicyclic) bond motifs is 1. The van der Waals surface area contributed by atoms with Crippen LogP contribution >= 0.6 is 11.3 Å². The van der Waals surface area contributed by atoms with E-state index in [1.807, 2.05) is 23.8 Å². The Morgan fingerprint density at radius 3 is 2.92 bits per heavy atom. The third kappa shape index (κ3) is 3.29. The third-order valence-electron chi connectivity index (χ3n) is 4.65. The zero-order valence-corrected chi connectivity index (χ0v) is 15.1. The molecule has 0 saturated carbocycles. The number of ether oxygens (including phenoxy) is 2. The first-order valence-corrected chi connectivity index (χ1v) is 9.14. The van der Waals surface area contributed by atoms with Crippen molar-refractivity contribution in [3.63, 3.8) is 0 Å². The number of pyridine rings is 1. The van der Waals surface area contributed by atoms with Crippen molar-refractivity contribution >= 4 is 22.2 Å². The van der Waals surface area contributed by atoms with Gasteiger partial charge in [0.15, 0.2) is 0 Å². The van der Waals surface area contributed by atoms with E-state index in [1.165, 1.54) is 5.56 Å². The minimum atomic E-state index is 0.500. The van der Waals surface area contributed by atoms with Crippen LogP contribution in [0.2, 0.25) is 0 Å². The highest BCUT2D eigenvalue weighted by molar-refractivity contribution is 7.09. The first-order chi connectivity index (χ1) is 12.3. The molecular formula is C18H20N4O2S. The lowest BCUT2D eigenvalue weighted by molar-refractivity contribution is 0.326. The molecule has 2 aromatic heterocycles. The van der Waals surface area contributed by atoms with Gasteiger partial charge in [-0.25, -0.2) is 0 Å². The standard InChI is InChI=1S/C18H20N4O2S/c1-23-14-6-16-15(17(7-14)24-2)5-12(8-19-16)9-22-4-3-13(10-22)18-21-20-11-25-18/h5-8,11,13H,3-4,9-10H2,1-2H3. The highest BCUT2D eigenvalue weighted by Gasteiger charge is 2.26. The molecule has 6 nitrogen and oxygen atoms in total. The first-order valence-electron chi connectivity index (χ1n) is 8.26. The fourth-order valence-corrected chi connectivity index (χ4v) is 4.06. The average Bonchev–Trinajstić information content (AvgIpc) is 3.32. The zero-order chi connectivity index (χ0) is 17.2. The fourth-order valence-electron chi connectivity index (χ4n) is 3.38. The molecule has 0 radical (unpaired) electrons. The van der Waals surface area contributed by atoms with Crippen molar-refractivity contribution in [2.24, 2.45) is 0 Å². The molecule has 0 bridgehead atoms. The molecule has 1 atom stereocenters. The Labute approximate surface area is 150 Å². The van der Waals surface area contributed by atoms with Crippen molar-refractivity contribution in [2.75, 3.05) is 27.3 Å². The minimum absolute atomic E-state index is 0.500. The smallest absolute Gasteiger partial charge is 0.131 e. The fraction of sp³-hybridized carbons (Fsp3) is 0.389. The van der Waals surface area contributed by atoms with E-state index in [0.29, 0.717) is 5.92 Å². The van der Waals surface area contributed by atoms with Gasteiger partial charge in [-0.1, -0.05) is 0 Å². The number of hydrogen-bond acceptors (Lipinski definition) is 7. The van der Waals surface area contributed by atoms with Crippen LogP contribution in [-0.2, 0) is 6.54 Å². The van der Waals surface area contributed by atoms with E-state index in [-0.39, 0.29) is 0 Å². The van der Waals surface area contributed by atoms with E-state index in [4.69, 9.17) is 9.47 Å². The van der Waals surface area contributed by atoms with Gasteiger partial charge in [-0.15, -0.1) is 21.5 Å². The van der Waals surface area contributed by atoms with Gasteiger partial charge in [0.05, 0.1) is 19.7 Å². The Hall–Kier alpha value is -2.25. The number of aromatic nitrogens is 3. The van der Waals surface area contributed by atoms with Gasteiger partial charge in [0.25, 0.3) is 0 Å². The molecule has 0 amide bonds. The summed E-state index contributed by atoms with van der Waals surface area (Å²) in [6.07, 6.45) is 3.08. The topological polar surface area (TPSA) is 60.4 Å². The molecule has 3 heterocycles. The molecule has 1 unspecified atom stereocenters. The lowest BCUT2D eigenvalue weighted by Crippen LogP contribution is -2.19. The molecule has 3 aromatic rings. The van der Waals surface area contributed by atoms with Crippen molar-refractivity contribution in [3.05, 3.63) is 40.5 Å². The number of nitrogens with zero attached hydrogens (tertiary/aromatic N) is 4. The number of hydrogen-bond donors (Lipinski definition) is 0. The van der Waals surface area contributed by atoms with Crippen molar-refractivity contribution in [1.29, 1.82) is 0 Å². The van der Waals surface area contributed by atoms with Gasteiger partial charge >= 0.3 is 0 Å². The van der Waals surface area contributed by atoms with Crippen LogP contribution in [0.4, 0.5) is 0 Å². The van der Waals surface area contributed by atoms with Crippen LogP contribution in [0, 0.1) is 0 Å². The second kappa shape index (κ2) is 6.93. The highest BCUT2D eigenvalue weighted by atomic mass is 32.1. The predicted molar refractivity (Wildman–Crippen MR) is 97.4 cm³/mol. The van der Waals surface area contributed by atoms with E-state index >= 15 is 0 Å². The molecule has 4 rings (SSSR count). The molecule has 7 heteroatoms. The summed E-state index contributed by atoms with van der Waals surface area (Å²) < 4.78 is 10.8. The summed E-state index contributed by atoms with van der Waals surface area (Å²) in [5.41, 5.74) is 3.88. The SMILES string of the molecule is COc1cc(OC)c2cc(CN3CCC(c4nncs4)C3)cnc2c1. The normalized spacial score (nSPS) is 17.9. The van der Waals surface area contributed by atoms with Gasteiger partial charge in [-0.2, -0.15) is 0 Å². The van der Waals surface area contributed by atoms with Crippen molar-refractivity contribution < 1.29 is 9.47 Å². The summed E-state index contributed by atoms with van der Waals surface area (Å²) in [5, 5.41) is 10.3. The number of likely N-dealkylation sites (tertiary alicyclic amines) is 1. The summed E-state index contributed by atoms with van der Waals surface area (Å²) in [7, 11) is 3.32. The van der Waals surface area contributed by atoms with E-state index in [0.717, 1.165) is 53.5 Å². The Morgan fingerprint density at radius 2 is 2.16 bits per heavy atom. The van der Waals surface area contributed by atoms with Gasteiger partial charge in [0.2, 0.25) is 0 Å². The number of rotatable bonds is 5. The predicted octanol–water partition coefficient (Wildman–Crippen LogP) is 3.09. The molecule has 1 aromatic carbocycles. The Balaban J connectivity index is 1.54. The molecule has 0 N–H and O–H groups in total. The molecule has 0 aliphatic carbocycles. The third-order valence-corrected chi connectivity index (χ3v) is 5.51. The second-order valence-corrected chi connectivity index (χ2v) is 7.10. The van der Waals surface area contributed by atoms with Crippen LogP contribution in [0.5, 0.6) is 11.5 Å². The molecule has 0 spiro atoms. The number of benzene rings is 1. The Kier molecular flexibility index (Phi) is 4.50. The lowest BCUT2D eigenvalue weighted by atomic mass is 10.1. The minimum Gasteiger partial charge on any atom is -0.497 e. The van der Waals surface area contributed by atoms with Crippen molar-refractivity contribution in [1.82, 2.24) is 20.1 Å². The van der Waals surface area contributed by atoms with Crippen LogP contribution in [0.1, 0.15) is 22.9 Å². The van der Waals surface area contributed by atoms with E-state index in [9.17, 15) is 0 Å². The zero-order valence-electron chi connectivity index (χ0n) is 14.3. The maximum absolute atomic E-state index is 5.51. The van der Waals surface area contributed by atoms with Crippen LogP contribution in [0.15, 0.2) is 29.9 Å². The maximum Gasteiger partial charge on any atom is 0.131 e. The highest BCUT2D eigenvalue weighted by Crippen LogP contribution is 2.32. The molecule has 130 valence electrons. The van der Waals surface area contributed by atoms with Crippen molar-refractivity contribution in [3.8, 4) is 11.5 Å². The van der Waals surface area contributed by atoms with Crippen LogP contribution in [0.25, 0.3) is 10.9 Å². The summed E-state index contributed by atoms with van der Waals surface area (Å²) in [6, 6.07) is 6.00. The van der Waals surface area contributed by atoms with Crippen molar-refractivity contribution in [2.45, 2.75) is 18.9 Å². The van der Waals surface area contributed by atoms with Gasteiger partial charge < -0.3 is 9.47 Å². The van der Waals surface area contributed by atoms with E-state index in [2.05, 4.69) is 26.1 Å². The molecule has 25 heavy (non-hydrogen) atoms. The van der Waals surface area contributed by atoms with E-state index in [1.54, 1.807) is 25.6 Å². The van der Waals surface area contributed by atoms with Crippen LogP contribution in [0.3, 0.4) is 0 Å². The maximum atomic E-state index is 5.51. The Morgan fingerprint density at radius 1 is 1.24 bits per heavy atom. The van der Waals surface area contributed by atoms with Gasteiger partial charge in [-0.05, 0) is 24.6 Å². The van der Waals surface area contributed by atoms with Crippen LogP contribution < -0.4 is 9.47 Å². The lowest BCUT2D eigenvalue weighted by Gasteiger charge is -2.16. The number of methoxy groups -OCH3 is 2. The molecule has 1 aliphatic heterocycles. The average molecular weight is 356 g/mol. The molecule has 1 aliphatic rings. The first kappa shape index (κ1) is 16.2. The van der Waals surface area contributed by atoms with Gasteiger partial charge in [0.1, 0.15) is 22.0 Å². The molecular weight excluding hydrogens is 336 g/mol. The summed E-state index contributed by atoms with van der Waals surface area (Å²) in [4.78, 5) is 7.05. The molecule has 1 fully saturated rings. The largest absolute Gasteiger partial charge is 0.497 e. The summed E-state index contributed by atoms with van der Waals surface area (Å²) in [6.45, 7) is 2.97. The summed E-state index contributed by atoms with van der Waals surface area (Å²) in [5.74, 6) is 2.04. The van der Waals surface area contributed by atoms with Gasteiger partial charge in [-0.3, -0.25) is 9.88 Å². The second-order valence-electron chi connectivity index (χ2n) is 6.24. The summed E-state index contributed by atoms with van der Waals surface area (Å²) >= 11 is 1.65. The quantitative estimate of drug-likeness (QED) is 0.700. The molecule has 1 saturated heterocycles. The van der Waals surface area contributed by atoms with Gasteiger partial charge in [0, 0.05) is 42.7 Å². The Bertz CT molecular complexity index is 869. The van der Waals surface area contributed by atoms with E-state index < -0.39 is 0 Å². The monoisotopic (exact) mass is 356 g/mol.